The van der Waals surface area contributed by atoms with Gasteiger partial charge < -0.3 is 19.7 Å². The third-order valence-corrected chi connectivity index (χ3v) is 6.48. The Bertz CT molecular complexity index is 1200. The highest BCUT2D eigenvalue weighted by atomic mass is 35.5. The number of nitrogens with zero attached hydrogens (tertiary/aromatic N) is 6. The molecule has 3 aromatic heterocycles. The summed E-state index contributed by atoms with van der Waals surface area (Å²) in [4.78, 5) is 24.6. The Labute approximate surface area is 214 Å². The monoisotopic (exact) mass is 523 g/mol. The van der Waals surface area contributed by atoms with Crippen LogP contribution in [0.15, 0.2) is 10.9 Å². The Morgan fingerprint density at radius 2 is 1.66 bits per heavy atom. The smallest absolute Gasteiger partial charge is 0.260 e. The molecule has 3 aromatic rings. The number of unbranched alkanes of at least 4 members (excludes halogenated alkanes) is 1. The van der Waals surface area contributed by atoms with Crippen LogP contribution in [-0.4, -0.2) is 70.0 Å². The van der Waals surface area contributed by atoms with Crippen LogP contribution in [0.25, 0.3) is 22.3 Å². The molecule has 0 saturated carbocycles. The van der Waals surface area contributed by atoms with Crippen molar-refractivity contribution >= 4 is 40.3 Å². The van der Waals surface area contributed by atoms with E-state index < -0.39 is 0 Å². The summed E-state index contributed by atoms with van der Waals surface area (Å²) in [7, 11) is 2.84. The van der Waals surface area contributed by atoms with Crippen molar-refractivity contribution < 1.29 is 9.47 Å². The molecule has 0 radical (unpaired) electrons. The van der Waals surface area contributed by atoms with Gasteiger partial charge in [0.2, 0.25) is 17.7 Å². The first-order valence-corrected chi connectivity index (χ1v) is 12.4. The molecule has 0 atom stereocenters. The standard InChI is InChI=1S/C23H31Cl2N7O3/c1-6-31(7-2)12-10-9-11-26-23-27-19-15(29-30-23)13-14(22(33)32(19)8-3)16-17(24)20(34-4)28-21(35-5)18(16)25/h13H,6-12H2,1-5H3,(H,26,27,30). The van der Waals surface area contributed by atoms with Crippen LogP contribution < -0.4 is 20.3 Å². The van der Waals surface area contributed by atoms with Gasteiger partial charge in [0.05, 0.1) is 19.8 Å². The summed E-state index contributed by atoms with van der Waals surface area (Å²) in [6.07, 6.45) is 2.04. The first-order chi connectivity index (χ1) is 16.9. The Morgan fingerprint density at radius 1 is 1.00 bits per heavy atom. The van der Waals surface area contributed by atoms with Crippen LogP contribution in [0.1, 0.15) is 33.6 Å². The largest absolute Gasteiger partial charge is 0.480 e. The number of ether oxygens (including phenoxy) is 2. The van der Waals surface area contributed by atoms with Crippen molar-refractivity contribution in [2.45, 2.75) is 40.2 Å². The molecule has 35 heavy (non-hydrogen) atoms. The predicted octanol–water partition coefficient (Wildman–Crippen LogP) is 4.13. The molecule has 0 fully saturated rings. The molecule has 0 spiro atoms. The molecule has 10 nitrogen and oxygen atoms in total. The van der Waals surface area contributed by atoms with Gasteiger partial charge in [0, 0.05) is 18.7 Å². The van der Waals surface area contributed by atoms with Crippen molar-refractivity contribution in [3.8, 4) is 22.9 Å². The van der Waals surface area contributed by atoms with Gasteiger partial charge >= 0.3 is 0 Å². The number of aryl methyl sites for hydroxylation is 1. The lowest BCUT2D eigenvalue weighted by Gasteiger charge is -2.17. The second kappa shape index (κ2) is 12.3. The van der Waals surface area contributed by atoms with Gasteiger partial charge in [-0.1, -0.05) is 37.0 Å². The number of hydrogen-bond donors (Lipinski definition) is 1. The Kier molecular flexibility index (Phi) is 9.47. The van der Waals surface area contributed by atoms with Crippen molar-refractivity contribution in [1.82, 2.24) is 29.6 Å². The Balaban J connectivity index is 1.95. The molecule has 0 bridgehead atoms. The van der Waals surface area contributed by atoms with Crippen LogP contribution >= 0.6 is 23.2 Å². The maximum absolute atomic E-state index is 13.5. The number of fused-ring (bicyclic) bond motifs is 1. The predicted molar refractivity (Wildman–Crippen MR) is 139 cm³/mol. The maximum atomic E-state index is 13.5. The normalized spacial score (nSPS) is 11.3. The lowest BCUT2D eigenvalue weighted by molar-refractivity contribution is 0.298. The van der Waals surface area contributed by atoms with E-state index in [1.165, 1.54) is 18.8 Å². The van der Waals surface area contributed by atoms with E-state index >= 15 is 0 Å². The summed E-state index contributed by atoms with van der Waals surface area (Å²) in [5.41, 5.74) is 0.993. The zero-order chi connectivity index (χ0) is 25.5. The molecule has 0 saturated heterocycles. The second-order valence-electron chi connectivity index (χ2n) is 7.75. The number of hydrogen-bond acceptors (Lipinski definition) is 9. The first-order valence-electron chi connectivity index (χ1n) is 11.6. The van der Waals surface area contributed by atoms with Crippen molar-refractivity contribution in [3.63, 3.8) is 0 Å². The summed E-state index contributed by atoms with van der Waals surface area (Å²) in [6, 6.07) is 1.57. The van der Waals surface area contributed by atoms with Gasteiger partial charge in [-0.05, 0) is 45.5 Å². The van der Waals surface area contributed by atoms with E-state index in [0.29, 0.717) is 30.2 Å². The highest BCUT2D eigenvalue weighted by molar-refractivity contribution is 6.40. The SMILES string of the molecule is CCN(CC)CCCCNc1nnc2cc(-c3c(Cl)c(OC)nc(OC)c3Cl)c(=O)n(CC)c2n1. The number of anilines is 1. The lowest BCUT2D eigenvalue weighted by atomic mass is 10.1. The minimum Gasteiger partial charge on any atom is -0.480 e. The topological polar surface area (TPSA) is 107 Å². The van der Waals surface area contributed by atoms with E-state index in [9.17, 15) is 4.79 Å². The van der Waals surface area contributed by atoms with Crippen LogP contribution in [-0.2, 0) is 6.54 Å². The van der Waals surface area contributed by atoms with E-state index in [0.717, 1.165) is 32.5 Å². The molecular formula is C23H31Cl2N7O3. The van der Waals surface area contributed by atoms with E-state index in [1.807, 2.05) is 6.92 Å². The summed E-state index contributed by atoms with van der Waals surface area (Å²) >= 11 is 13.0. The Morgan fingerprint density at radius 3 is 2.23 bits per heavy atom. The fourth-order valence-electron chi connectivity index (χ4n) is 3.81. The third-order valence-electron chi connectivity index (χ3n) is 5.77. The molecule has 0 aliphatic heterocycles. The molecule has 12 heteroatoms. The molecule has 0 aromatic carbocycles. The van der Waals surface area contributed by atoms with Crippen LogP contribution in [0.4, 0.5) is 5.95 Å². The number of aromatic nitrogens is 5. The fourth-order valence-corrected chi connectivity index (χ4v) is 4.49. The molecule has 3 heterocycles. The van der Waals surface area contributed by atoms with Gasteiger partial charge in [-0.25, -0.2) is 0 Å². The average Bonchev–Trinajstić information content (AvgIpc) is 2.87. The summed E-state index contributed by atoms with van der Waals surface area (Å²) < 4.78 is 12.0. The molecule has 0 unspecified atom stereocenters. The van der Waals surface area contributed by atoms with Crippen LogP contribution in [0.2, 0.25) is 10.0 Å². The minimum atomic E-state index is -0.329. The van der Waals surface area contributed by atoms with E-state index in [-0.39, 0.29) is 38.5 Å². The van der Waals surface area contributed by atoms with E-state index in [4.69, 9.17) is 32.7 Å². The van der Waals surface area contributed by atoms with Gasteiger partial charge in [0.15, 0.2) is 5.65 Å². The van der Waals surface area contributed by atoms with Gasteiger partial charge in [-0.15, -0.1) is 10.2 Å². The second-order valence-corrected chi connectivity index (χ2v) is 8.50. The van der Waals surface area contributed by atoms with Crippen molar-refractivity contribution in [2.75, 3.05) is 45.7 Å². The number of methoxy groups -OCH3 is 2. The number of pyridine rings is 2. The number of halogens is 2. The minimum absolute atomic E-state index is 0.0928. The van der Waals surface area contributed by atoms with Crippen molar-refractivity contribution in [1.29, 1.82) is 0 Å². The van der Waals surface area contributed by atoms with E-state index in [1.54, 1.807) is 6.07 Å². The third kappa shape index (κ3) is 5.76. The quantitative estimate of drug-likeness (QED) is 0.350. The van der Waals surface area contributed by atoms with E-state index in [2.05, 4.69) is 44.2 Å². The highest BCUT2D eigenvalue weighted by Crippen LogP contribution is 2.43. The summed E-state index contributed by atoms with van der Waals surface area (Å²) in [5.74, 6) is 0.559. The van der Waals surface area contributed by atoms with Crippen LogP contribution in [0.5, 0.6) is 11.8 Å². The van der Waals surface area contributed by atoms with Gasteiger partial charge in [0.1, 0.15) is 15.6 Å². The average molecular weight is 524 g/mol. The zero-order valence-corrected chi connectivity index (χ0v) is 22.2. The molecule has 0 aliphatic carbocycles. The van der Waals surface area contributed by atoms with Crippen LogP contribution in [0.3, 0.4) is 0 Å². The summed E-state index contributed by atoms with van der Waals surface area (Å²) in [5, 5.41) is 11.9. The molecule has 0 amide bonds. The molecular weight excluding hydrogens is 493 g/mol. The van der Waals surface area contributed by atoms with Crippen molar-refractivity contribution in [3.05, 3.63) is 26.5 Å². The molecule has 0 aliphatic rings. The zero-order valence-electron chi connectivity index (χ0n) is 20.7. The molecule has 190 valence electrons. The number of nitrogens with one attached hydrogen (secondary N) is 1. The van der Waals surface area contributed by atoms with Gasteiger partial charge in [0.25, 0.3) is 5.56 Å². The maximum Gasteiger partial charge on any atom is 0.260 e. The van der Waals surface area contributed by atoms with Gasteiger partial charge in [-0.2, -0.15) is 9.97 Å². The number of rotatable bonds is 12. The molecule has 3 rings (SSSR count). The first kappa shape index (κ1) is 26.9. The van der Waals surface area contributed by atoms with Gasteiger partial charge in [-0.3, -0.25) is 9.36 Å². The van der Waals surface area contributed by atoms with Crippen LogP contribution in [0, 0.1) is 0 Å². The lowest BCUT2D eigenvalue weighted by Crippen LogP contribution is -2.24. The Hall–Kier alpha value is -2.69. The van der Waals surface area contributed by atoms with Crippen molar-refractivity contribution in [2.24, 2.45) is 0 Å². The molecule has 1 N–H and O–H groups in total. The fraction of sp³-hybridized carbons (Fsp3) is 0.522. The highest BCUT2D eigenvalue weighted by Gasteiger charge is 2.24. The summed E-state index contributed by atoms with van der Waals surface area (Å²) in [6.45, 7) is 10.4.